The Balaban J connectivity index is 2.39. The summed E-state index contributed by atoms with van der Waals surface area (Å²) >= 11 is 0. The minimum Gasteiger partial charge on any atom is -0.385 e. The van der Waals surface area contributed by atoms with Crippen LogP contribution in [0.4, 0.5) is 4.79 Å². The molecular formula is C15H21N3O. The predicted molar refractivity (Wildman–Crippen MR) is 77.2 cm³/mol. The van der Waals surface area contributed by atoms with E-state index in [0.29, 0.717) is 18.3 Å². The number of carbonyl (C=O) groups excluding carboxylic acids is 1. The molecule has 2 rings (SSSR count). The van der Waals surface area contributed by atoms with Gasteiger partial charge in [-0.05, 0) is 30.9 Å². The minimum absolute atomic E-state index is 0.213. The zero-order chi connectivity index (χ0) is 14.2. The molecule has 1 aromatic rings. The first-order valence-electron chi connectivity index (χ1n) is 6.62. The number of nitrogens with two attached hydrogens (primary N) is 1. The van der Waals surface area contributed by atoms with Gasteiger partial charge in [0.15, 0.2) is 0 Å². The maximum atomic E-state index is 11.9. The molecule has 0 fully saturated rings. The van der Waals surface area contributed by atoms with Crippen molar-refractivity contribution in [1.29, 1.82) is 0 Å². The Kier molecular flexibility index (Phi) is 3.60. The first kappa shape index (κ1) is 13.6. The average Bonchev–Trinajstić information content (AvgIpc) is 2.54. The fraction of sp³-hybridized carbons (Fsp3) is 0.467. The van der Waals surface area contributed by atoms with Crippen LogP contribution in [0.25, 0.3) is 0 Å². The number of amides is 2. The zero-order valence-electron chi connectivity index (χ0n) is 12.0. The zero-order valence-corrected chi connectivity index (χ0v) is 12.0. The lowest BCUT2D eigenvalue weighted by Crippen LogP contribution is -2.36. The molecule has 1 aromatic carbocycles. The third-order valence-corrected chi connectivity index (χ3v) is 3.34. The average molecular weight is 259 g/mol. The fourth-order valence-corrected chi connectivity index (χ4v) is 2.54. The molecule has 1 heterocycles. The van der Waals surface area contributed by atoms with Crippen molar-refractivity contribution < 1.29 is 4.79 Å². The summed E-state index contributed by atoms with van der Waals surface area (Å²) in [5.41, 5.74) is 9.38. The summed E-state index contributed by atoms with van der Waals surface area (Å²) in [5.74, 6) is 0.788. The van der Waals surface area contributed by atoms with Crippen LogP contribution in [-0.2, 0) is 0 Å². The van der Waals surface area contributed by atoms with E-state index in [1.54, 1.807) is 4.90 Å². The smallest absolute Gasteiger partial charge is 0.346 e. The molecular weight excluding hydrogens is 238 g/mol. The third-order valence-electron chi connectivity index (χ3n) is 3.34. The second kappa shape index (κ2) is 5.03. The minimum atomic E-state index is -0.226. The van der Waals surface area contributed by atoms with Crippen molar-refractivity contribution in [2.45, 2.75) is 33.7 Å². The molecule has 1 aliphatic rings. The van der Waals surface area contributed by atoms with E-state index in [0.717, 1.165) is 11.1 Å². The van der Waals surface area contributed by atoms with Crippen LogP contribution in [0.5, 0.6) is 0 Å². The molecule has 0 saturated carbocycles. The molecule has 102 valence electrons. The van der Waals surface area contributed by atoms with Crippen LogP contribution < -0.4 is 5.73 Å². The van der Waals surface area contributed by atoms with E-state index in [1.165, 1.54) is 5.56 Å². The number of rotatable bonds is 3. The second-order valence-corrected chi connectivity index (χ2v) is 5.63. The number of urea groups is 1. The Morgan fingerprint density at radius 2 is 2.05 bits per heavy atom. The molecule has 0 radical (unpaired) electrons. The summed E-state index contributed by atoms with van der Waals surface area (Å²) in [6, 6.07) is 5.76. The van der Waals surface area contributed by atoms with E-state index >= 15 is 0 Å². The number of nitrogens with zero attached hydrogens (tertiary/aromatic N) is 2. The Morgan fingerprint density at radius 1 is 1.37 bits per heavy atom. The molecule has 1 unspecified atom stereocenters. The second-order valence-electron chi connectivity index (χ2n) is 5.63. The van der Waals surface area contributed by atoms with E-state index in [-0.39, 0.29) is 12.1 Å². The molecule has 0 aromatic heterocycles. The monoisotopic (exact) mass is 259 g/mol. The van der Waals surface area contributed by atoms with Gasteiger partial charge in [-0.25, -0.2) is 4.79 Å². The quantitative estimate of drug-likeness (QED) is 0.907. The van der Waals surface area contributed by atoms with E-state index in [9.17, 15) is 4.79 Å². The molecule has 2 N–H and O–H groups in total. The Labute approximate surface area is 114 Å². The normalized spacial score (nSPS) is 19.2. The highest BCUT2D eigenvalue weighted by molar-refractivity contribution is 6.03. The molecule has 4 heteroatoms. The first-order valence-corrected chi connectivity index (χ1v) is 6.62. The fourth-order valence-electron chi connectivity index (χ4n) is 2.54. The topological polar surface area (TPSA) is 58.7 Å². The van der Waals surface area contributed by atoms with Gasteiger partial charge in [0, 0.05) is 6.54 Å². The summed E-state index contributed by atoms with van der Waals surface area (Å²) < 4.78 is 0. The Hall–Kier alpha value is -1.84. The van der Waals surface area contributed by atoms with Crippen LogP contribution in [0.15, 0.2) is 23.2 Å². The first-order chi connectivity index (χ1) is 8.90. The van der Waals surface area contributed by atoms with Crippen LogP contribution in [0.3, 0.4) is 0 Å². The summed E-state index contributed by atoms with van der Waals surface area (Å²) in [4.78, 5) is 17.6. The van der Waals surface area contributed by atoms with Gasteiger partial charge in [0.25, 0.3) is 0 Å². The van der Waals surface area contributed by atoms with Crippen molar-refractivity contribution in [2.75, 3.05) is 6.54 Å². The van der Waals surface area contributed by atoms with Crippen molar-refractivity contribution in [2.24, 2.45) is 16.6 Å². The van der Waals surface area contributed by atoms with Gasteiger partial charge in [-0.15, -0.1) is 0 Å². The number of aliphatic imine (C=N–C) groups is 1. The number of benzene rings is 1. The molecule has 1 aliphatic heterocycles. The van der Waals surface area contributed by atoms with Crippen LogP contribution in [-0.4, -0.2) is 23.3 Å². The van der Waals surface area contributed by atoms with Gasteiger partial charge in [0.05, 0.1) is 0 Å². The number of carbonyl (C=O) groups is 1. The highest BCUT2D eigenvalue weighted by Crippen LogP contribution is 2.30. The lowest BCUT2D eigenvalue weighted by molar-refractivity contribution is 0.198. The Bertz CT molecular complexity index is 534. The predicted octanol–water partition coefficient (Wildman–Crippen LogP) is 2.79. The maximum Gasteiger partial charge on any atom is 0.346 e. The van der Waals surface area contributed by atoms with Crippen molar-refractivity contribution in [1.82, 2.24) is 4.90 Å². The molecule has 0 bridgehead atoms. The molecule has 0 spiro atoms. The SMILES string of the molecule is Cc1ccc(C2C(N)=NC(=O)N2CC(C)C)c(C)c1. The van der Waals surface area contributed by atoms with Crippen molar-refractivity contribution in [3.05, 3.63) is 34.9 Å². The third kappa shape index (κ3) is 2.62. The molecule has 0 aliphatic carbocycles. The maximum absolute atomic E-state index is 11.9. The Morgan fingerprint density at radius 3 is 2.63 bits per heavy atom. The van der Waals surface area contributed by atoms with Crippen molar-refractivity contribution in [3.63, 3.8) is 0 Å². The van der Waals surface area contributed by atoms with Gasteiger partial charge in [-0.2, -0.15) is 4.99 Å². The molecule has 2 amide bonds. The van der Waals surface area contributed by atoms with Crippen molar-refractivity contribution in [3.8, 4) is 0 Å². The number of hydrogen-bond acceptors (Lipinski definition) is 2. The van der Waals surface area contributed by atoms with Gasteiger partial charge in [0.1, 0.15) is 11.9 Å². The van der Waals surface area contributed by atoms with Gasteiger partial charge in [0.2, 0.25) is 0 Å². The van der Waals surface area contributed by atoms with Crippen molar-refractivity contribution >= 4 is 11.9 Å². The molecule has 1 atom stereocenters. The van der Waals surface area contributed by atoms with Gasteiger partial charge >= 0.3 is 6.03 Å². The molecule has 19 heavy (non-hydrogen) atoms. The van der Waals surface area contributed by atoms with Crippen LogP contribution in [0.1, 0.15) is 36.6 Å². The molecule has 0 saturated heterocycles. The van der Waals surface area contributed by atoms with Gasteiger partial charge in [-0.1, -0.05) is 37.6 Å². The van der Waals surface area contributed by atoms with Crippen LogP contribution >= 0.6 is 0 Å². The summed E-state index contributed by atoms with van der Waals surface area (Å²) in [6.45, 7) is 8.94. The highest BCUT2D eigenvalue weighted by Gasteiger charge is 2.35. The largest absolute Gasteiger partial charge is 0.385 e. The van der Waals surface area contributed by atoms with Gasteiger partial charge in [-0.3, -0.25) is 0 Å². The summed E-state index contributed by atoms with van der Waals surface area (Å²) in [5, 5.41) is 0. The lowest BCUT2D eigenvalue weighted by atomic mass is 9.97. The highest BCUT2D eigenvalue weighted by atomic mass is 16.2. The number of hydrogen-bond donors (Lipinski definition) is 1. The van der Waals surface area contributed by atoms with E-state index in [1.807, 2.05) is 19.1 Å². The number of aryl methyl sites for hydroxylation is 2. The van der Waals surface area contributed by atoms with Crippen LogP contribution in [0, 0.1) is 19.8 Å². The lowest BCUT2D eigenvalue weighted by Gasteiger charge is -2.27. The van der Waals surface area contributed by atoms with E-state index < -0.39 is 0 Å². The summed E-state index contributed by atoms with van der Waals surface area (Å²) in [6.07, 6.45) is 0. The van der Waals surface area contributed by atoms with Gasteiger partial charge < -0.3 is 10.6 Å². The van der Waals surface area contributed by atoms with E-state index in [4.69, 9.17) is 5.73 Å². The summed E-state index contributed by atoms with van der Waals surface area (Å²) in [7, 11) is 0. The molecule has 4 nitrogen and oxygen atoms in total. The number of amidine groups is 1. The van der Waals surface area contributed by atoms with E-state index in [2.05, 4.69) is 31.8 Å². The van der Waals surface area contributed by atoms with Crippen LogP contribution in [0.2, 0.25) is 0 Å². The standard InChI is InChI=1S/C15H21N3O/c1-9(2)8-18-13(14(16)17-15(18)19)12-6-5-10(3)7-11(12)4/h5-7,9,13H,8H2,1-4H3,(H2,16,17,19).